The fourth-order valence-corrected chi connectivity index (χ4v) is 2.16. The van der Waals surface area contributed by atoms with E-state index in [1.54, 1.807) is 12.4 Å². The zero-order valence-electron chi connectivity index (χ0n) is 10.2. The van der Waals surface area contributed by atoms with Crippen molar-refractivity contribution >= 4 is 11.6 Å². The topological polar surface area (TPSA) is 57.4 Å². The molecule has 19 heavy (non-hydrogen) atoms. The number of halogens is 1. The van der Waals surface area contributed by atoms with Crippen LogP contribution in [0.15, 0.2) is 36.7 Å². The predicted octanol–water partition coefficient (Wildman–Crippen LogP) is 2.71. The first-order valence-corrected chi connectivity index (χ1v) is 6.35. The van der Waals surface area contributed by atoms with Gasteiger partial charge in [0.05, 0.1) is 11.1 Å². The van der Waals surface area contributed by atoms with Gasteiger partial charge in [0.1, 0.15) is 24.7 Å². The minimum atomic E-state index is -0.0429. The highest BCUT2D eigenvalue weighted by atomic mass is 35.5. The van der Waals surface area contributed by atoms with Crippen molar-refractivity contribution in [3.63, 3.8) is 0 Å². The van der Waals surface area contributed by atoms with E-state index >= 15 is 0 Å². The van der Waals surface area contributed by atoms with E-state index in [-0.39, 0.29) is 6.04 Å². The van der Waals surface area contributed by atoms with Crippen molar-refractivity contribution in [1.82, 2.24) is 4.98 Å². The molecule has 0 aliphatic carbocycles. The Morgan fingerprint density at radius 3 is 3.16 bits per heavy atom. The largest absolute Gasteiger partial charge is 0.491 e. The summed E-state index contributed by atoms with van der Waals surface area (Å²) in [5, 5.41) is 0.599. The van der Waals surface area contributed by atoms with Gasteiger partial charge in [-0.15, -0.1) is 0 Å². The van der Waals surface area contributed by atoms with Gasteiger partial charge < -0.3 is 15.2 Å². The molecule has 0 radical (unpaired) electrons. The molecule has 2 heterocycles. The average molecular weight is 277 g/mol. The van der Waals surface area contributed by atoms with Crippen LogP contribution in [-0.2, 0) is 6.61 Å². The molecule has 5 heteroatoms. The van der Waals surface area contributed by atoms with Crippen molar-refractivity contribution in [2.24, 2.45) is 5.73 Å². The van der Waals surface area contributed by atoms with Crippen molar-refractivity contribution in [3.05, 3.63) is 52.8 Å². The lowest BCUT2D eigenvalue weighted by Crippen LogP contribution is -2.10. The van der Waals surface area contributed by atoms with Crippen LogP contribution < -0.4 is 15.2 Å². The van der Waals surface area contributed by atoms with Gasteiger partial charge in [-0.2, -0.15) is 0 Å². The molecule has 0 fully saturated rings. The third kappa shape index (κ3) is 2.50. The van der Waals surface area contributed by atoms with E-state index in [0.717, 1.165) is 22.6 Å². The Kier molecular flexibility index (Phi) is 3.27. The Morgan fingerprint density at radius 2 is 2.32 bits per heavy atom. The van der Waals surface area contributed by atoms with Crippen molar-refractivity contribution in [2.75, 3.05) is 6.61 Å². The molecule has 1 aliphatic rings. The summed E-state index contributed by atoms with van der Waals surface area (Å²) in [6.07, 6.45) is 3.29. The molecule has 0 amide bonds. The van der Waals surface area contributed by atoms with Crippen LogP contribution in [0.25, 0.3) is 0 Å². The lowest BCUT2D eigenvalue weighted by atomic mass is 10.1. The van der Waals surface area contributed by atoms with Gasteiger partial charge in [0.25, 0.3) is 0 Å². The zero-order valence-corrected chi connectivity index (χ0v) is 10.9. The number of fused-ring (bicyclic) bond motifs is 1. The quantitative estimate of drug-likeness (QED) is 0.936. The highest BCUT2D eigenvalue weighted by Crippen LogP contribution is 2.34. The number of pyridine rings is 1. The molecule has 1 unspecified atom stereocenters. The molecule has 1 atom stereocenters. The Balaban J connectivity index is 1.73. The predicted molar refractivity (Wildman–Crippen MR) is 72.4 cm³/mol. The Bertz CT molecular complexity index is 604. The Morgan fingerprint density at radius 1 is 1.42 bits per heavy atom. The number of nitrogens with zero attached hydrogens (tertiary/aromatic N) is 1. The van der Waals surface area contributed by atoms with Gasteiger partial charge in [-0.3, -0.25) is 4.98 Å². The van der Waals surface area contributed by atoms with E-state index in [9.17, 15) is 0 Å². The number of ether oxygens (including phenoxy) is 2. The fraction of sp³-hybridized carbons (Fsp3) is 0.214. The second-order valence-corrected chi connectivity index (χ2v) is 4.78. The molecule has 4 nitrogen and oxygen atoms in total. The lowest BCUT2D eigenvalue weighted by Gasteiger charge is -2.09. The minimum Gasteiger partial charge on any atom is -0.491 e. The SMILES string of the molecule is NC1COc2cc(OCc3ccncc3Cl)ccc21. The molecule has 0 bridgehead atoms. The lowest BCUT2D eigenvalue weighted by molar-refractivity contribution is 0.301. The Hall–Kier alpha value is -1.78. The third-order valence-corrected chi connectivity index (χ3v) is 3.39. The average Bonchev–Trinajstić information content (AvgIpc) is 2.79. The summed E-state index contributed by atoms with van der Waals surface area (Å²) in [5.41, 5.74) is 7.81. The molecule has 3 rings (SSSR count). The van der Waals surface area contributed by atoms with Gasteiger partial charge in [0.15, 0.2) is 0 Å². The van der Waals surface area contributed by atoms with Crippen LogP contribution in [0.3, 0.4) is 0 Å². The van der Waals surface area contributed by atoms with Crippen LogP contribution in [0.1, 0.15) is 17.2 Å². The van der Waals surface area contributed by atoms with E-state index < -0.39 is 0 Å². The molecule has 0 saturated heterocycles. The number of rotatable bonds is 3. The van der Waals surface area contributed by atoms with Crippen LogP contribution in [0.4, 0.5) is 0 Å². The molecule has 1 aromatic heterocycles. The van der Waals surface area contributed by atoms with Gasteiger partial charge in [-0.05, 0) is 18.2 Å². The van der Waals surface area contributed by atoms with E-state index in [1.807, 2.05) is 24.3 Å². The number of hydrogen-bond donors (Lipinski definition) is 1. The Labute approximate surface area is 116 Å². The van der Waals surface area contributed by atoms with Crippen LogP contribution in [0.5, 0.6) is 11.5 Å². The van der Waals surface area contributed by atoms with Gasteiger partial charge in [0.2, 0.25) is 0 Å². The first-order valence-electron chi connectivity index (χ1n) is 5.97. The standard InChI is InChI=1S/C14H13ClN2O2/c15-12-6-17-4-3-9(12)7-18-10-1-2-11-13(16)8-19-14(11)5-10/h1-6,13H,7-8,16H2. The van der Waals surface area contributed by atoms with Crippen molar-refractivity contribution in [2.45, 2.75) is 12.6 Å². The number of nitrogens with two attached hydrogens (primary N) is 1. The summed E-state index contributed by atoms with van der Waals surface area (Å²) >= 11 is 6.02. The molecular weight excluding hydrogens is 264 g/mol. The second kappa shape index (κ2) is 5.07. The first kappa shape index (κ1) is 12.3. The van der Waals surface area contributed by atoms with Crippen molar-refractivity contribution in [3.8, 4) is 11.5 Å². The number of benzene rings is 1. The van der Waals surface area contributed by atoms with E-state index in [2.05, 4.69) is 4.98 Å². The van der Waals surface area contributed by atoms with Crippen LogP contribution in [-0.4, -0.2) is 11.6 Å². The fourth-order valence-electron chi connectivity index (χ4n) is 1.99. The molecule has 0 saturated carbocycles. The van der Waals surface area contributed by atoms with E-state index in [1.165, 1.54) is 0 Å². The molecule has 98 valence electrons. The van der Waals surface area contributed by atoms with Gasteiger partial charge in [-0.25, -0.2) is 0 Å². The second-order valence-electron chi connectivity index (χ2n) is 4.37. The van der Waals surface area contributed by atoms with Crippen LogP contribution >= 0.6 is 11.6 Å². The smallest absolute Gasteiger partial charge is 0.127 e. The molecule has 2 aromatic rings. The van der Waals surface area contributed by atoms with Gasteiger partial charge >= 0.3 is 0 Å². The first-order chi connectivity index (χ1) is 9.24. The summed E-state index contributed by atoms with van der Waals surface area (Å²) in [6, 6.07) is 7.48. The van der Waals surface area contributed by atoms with E-state index in [0.29, 0.717) is 18.2 Å². The highest BCUT2D eigenvalue weighted by Gasteiger charge is 2.20. The number of aromatic nitrogens is 1. The molecular formula is C14H13ClN2O2. The summed E-state index contributed by atoms with van der Waals surface area (Å²) in [6.45, 7) is 0.918. The maximum absolute atomic E-state index is 6.02. The van der Waals surface area contributed by atoms with Crippen LogP contribution in [0.2, 0.25) is 5.02 Å². The third-order valence-electron chi connectivity index (χ3n) is 3.05. The zero-order chi connectivity index (χ0) is 13.2. The van der Waals surface area contributed by atoms with Gasteiger partial charge in [-0.1, -0.05) is 11.6 Å². The normalized spacial score (nSPS) is 16.8. The highest BCUT2D eigenvalue weighted by molar-refractivity contribution is 6.31. The van der Waals surface area contributed by atoms with E-state index in [4.69, 9.17) is 26.8 Å². The molecule has 1 aliphatic heterocycles. The maximum Gasteiger partial charge on any atom is 0.127 e. The number of hydrogen-bond acceptors (Lipinski definition) is 4. The summed E-state index contributed by atoms with van der Waals surface area (Å²) in [4.78, 5) is 3.93. The van der Waals surface area contributed by atoms with Crippen molar-refractivity contribution in [1.29, 1.82) is 0 Å². The van der Waals surface area contributed by atoms with Crippen molar-refractivity contribution < 1.29 is 9.47 Å². The minimum absolute atomic E-state index is 0.0429. The summed E-state index contributed by atoms with van der Waals surface area (Å²) in [7, 11) is 0. The summed E-state index contributed by atoms with van der Waals surface area (Å²) < 4.78 is 11.2. The van der Waals surface area contributed by atoms with Crippen LogP contribution in [0, 0.1) is 0 Å². The van der Waals surface area contributed by atoms with Gasteiger partial charge in [0, 0.05) is 29.6 Å². The monoisotopic (exact) mass is 276 g/mol. The molecule has 0 spiro atoms. The maximum atomic E-state index is 6.02. The molecule has 1 aromatic carbocycles. The molecule has 2 N–H and O–H groups in total. The summed E-state index contributed by atoms with van der Waals surface area (Å²) in [5.74, 6) is 1.53.